The van der Waals surface area contributed by atoms with Crippen molar-refractivity contribution < 1.29 is 9.90 Å². The van der Waals surface area contributed by atoms with E-state index >= 15 is 0 Å². The summed E-state index contributed by atoms with van der Waals surface area (Å²) >= 11 is 0. The zero-order chi connectivity index (χ0) is 15.5. The minimum atomic E-state index is -0.190. The van der Waals surface area contributed by atoms with Gasteiger partial charge in [-0.3, -0.25) is 9.36 Å². The maximum atomic E-state index is 12.2. The molecule has 1 aromatic carbocycles. The van der Waals surface area contributed by atoms with Crippen LogP contribution in [0.4, 0.5) is 0 Å². The van der Waals surface area contributed by atoms with E-state index in [0.29, 0.717) is 24.0 Å². The highest BCUT2D eigenvalue weighted by atomic mass is 16.3. The molecule has 0 atom stereocenters. The predicted octanol–water partition coefficient (Wildman–Crippen LogP) is 1.56. The minimum absolute atomic E-state index is 0.0525. The predicted molar refractivity (Wildman–Crippen MR) is 84.1 cm³/mol. The molecule has 0 unspecified atom stereocenters. The van der Waals surface area contributed by atoms with Crippen molar-refractivity contribution in [1.29, 1.82) is 0 Å². The number of aromatic nitrogens is 2. The van der Waals surface area contributed by atoms with Crippen molar-refractivity contribution in [3.63, 3.8) is 0 Å². The van der Waals surface area contributed by atoms with Gasteiger partial charge in [0.25, 0.3) is 5.91 Å². The molecule has 1 aliphatic rings. The Morgan fingerprint density at radius 2 is 2.14 bits per heavy atom. The standard InChI is InChI=1S/C16H21N3O3/c20-9-3-8-17-15(21)11-6-7-14-13(10-11)18-16(22)19(14)12-4-1-2-5-12/h6-7,10,12,20H,1-5,8-9H2,(H,17,21)(H,18,22). The van der Waals surface area contributed by atoms with Crippen LogP contribution in [0.25, 0.3) is 11.0 Å². The Morgan fingerprint density at radius 1 is 1.36 bits per heavy atom. The summed E-state index contributed by atoms with van der Waals surface area (Å²) in [5.74, 6) is -0.190. The molecule has 1 amide bonds. The third-order valence-corrected chi connectivity index (χ3v) is 4.29. The Kier molecular flexibility index (Phi) is 4.29. The van der Waals surface area contributed by atoms with Gasteiger partial charge < -0.3 is 15.4 Å². The maximum absolute atomic E-state index is 12.2. The molecule has 3 rings (SSSR count). The SMILES string of the molecule is O=C(NCCCO)c1ccc2c(c1)[nH]c(=O)n2C1CCCC1. The molecule has 0 saturated heterocycles. The number of rotatable bonds is 5. The fourth-order valence-corrected chi connectivity index (χ4v) is 3.18. The Labute approximate surface area is 128 Å². The van der Waals surface area contributed by atoms with E-state index in [0.717, 1.165) is 31.2 Å². The van der Waals surface area contributed by atoms with Gasteiger partial charge in [-0.15, -0.1) is 0 Å². The molecule has 1 aliphatic carbocycles. The number of aliphatic hydroxyl groups is 1. The Morgan fingerprint density at radius 3 is 2.86 bits per heavy atom. The molecule has 6 nitrogen and oxygen atoms in total. The normalized spacial score (nSPS) is 15.5. The Hall–Kier alpha value is -2.08. The Bertz CT molecular complexity index is 726. The number of H-pyrrole nitrogens is 1. The number of fused-ring (bicyclic) bond motifs is 1. The first kappa shape index (κ1) is 14.8. The molecule has 118 valence electrons. The highest BCUT2D eigenvalue weighted by Gasteiger charge is 2.21. The van der Waals surface area contributed by atoms with Crippen molar-refractivity contribution in [2.24, 2.45) is 0 Å². The molecule has 0 aliphatic heterocycles. The van der Waals surface area contributed by atoms with Crippen LogP contribution in [0.15, 0.2) is 23.0 Å². The quantitative estimate of drug-likeness (QED) is 0.733. The molecule has 22 heavy (non-hydrogen) atoms. The molecule has 0 radical (unpaired) electrons. The number of carbonyl (C=O) groups is 1. The lowest BCUT2D eigenvalue weighted by atomic mass is 10.1. The van der Waals surface area contributed by atoms with Crippen LogP contribution in [0.3, 0.4) is 0 Å². The van der Waals surface area contributed by atoms with Gasteiger partial charge in [0.05, 0.1) is 11.0 Å². The van der Waals surface area contributed by atoms with Gasteiger partial charge in [0.2, 0.25) is 0 Å². The van der Waals surface area contributed by atoms with E-state index in [2.05, 4.69) is 10.3 Å². The fourth-order valence-electron chi connectivity index (χ4n) is 3.18. The number of hydrogen-bond donors (Lipinski definition) is 3. The smallest absolute Gasteiger partial charge is 0.326 e. The van der Waals surface area contributed by atoms with Gasteiger partial charge in [-0.25, -0.2) is 4.79 Å². The van der Waals surface area contributed by atoms with Crippen molar-refractivity contribution in [3.8, 4) is 0 Å². The summed E-state index contributed by atoms with van der Waals surface area (Å²) in [4.78, 5) is 27.1. The molecular formula is C16H21N3O3. The second kappa shape index (κ2) is 6.36. The van der Waals surface area contributed by atoms with Crippen LogP contribution in [0, 0.1) is 0 Å². The van der Waals surface area contributed by atoms with Crippen molar-refractivity contribution in [2.75, 3.05) is 13.2 Å². The van der Waals surface area contributed by atoms with Crippen LogP contribution in [0.2, 0.25) is 0 Å². The van der Waals surface area contributed by atoms with Gasteiger partial charge in [-0.2, -0.15) is 0 Å². The number of amides is 1. The summed E-state index contributed by atoms with van der Waals surface area (Å²) in [7, 11) is 0. The molecular weight excluding hydrogens is 282 g/mol. The lowest BCUT2D eigenvalue weighted by Gasteiger charge is -2.11. The van der Waals surface area contributed by atoms with E-state index < -0.39 is 0 Å². The molecule has 3 N–H and O–H groups in total. The number of aromatic amines is 1. The first-order valence-electron chi connectivity index (χ1n) is 7.84. The minimum Gasteiger partial charge on any atom is -0.396 e. The van der Waals surface area contributed by atoms with Crippen LogP contribution in [0.1, 0.15) is 48.5 Å². The van der Waals surface area contributed by atoms with Gasteiger partial charge in [0, 0.05) is 24.8 Å². The number of aliphatic hydroxyl groups excluding tert-OH is 1. The largest absolute Gasteiger partial charge is 0.396 e. The summed E-state index contributed by atoms with van der Waals surface area (Å²) in [5.41, 5.74) is 1.99. The van der Waals surface area contributed by atoms with Gasteiger partial charge in [-0.1, -0.05) is 12.8 Å². The average molecular weight is 303 g/mol. The highest BCUT2D eigenvalue weighted by molar-refractivity contribution is 5.97. The van der Waals surface area contributed by atoms with E-state index in [1.54, 1.807) is 12.1 Å². The summed E-state index contributed by atoms with van der Waals surface area (Å²) in [6.45, 7) is 0.490. The number of nitrogens with zero attached hydrogens (tertiary/aromatic N) is 1. The molecule has 0 spiro atoms. The van der Waals surface area contributed by atoms with Crippen molar-refractivity contribution >= 4 is 16.9 Å². The monoisotopic (exact) mass is 303 g/mol. The second-order valence-corrected chi connectivity index (χ2v) is 5.80. The number of benzene rings is 1. The average Bonchev–Trinajstić information content (AvgIpc) is 3.12. The van der Waals surface area contributed by atoms with Crippen molar-refractivity contribution in [2.45, 2.75) is 38.1 Å². The van der Waals surface area contributed by atoms with Crippen LogP contribution in [-0.2, 0) is 0 Å². The summed E-state index contributed by atoms with van der Waals surface area (Å²) < 4.78 is 1.83. The number of hydrogen-bond acceptors (Lipinski definition) is 3. The second-order valence-electron chi connectivity index (χ2n) is 5.80. The molecule has 1 saturated carbocycles. The summed E-state index contributed by atoms with van der Waals surface area (Å²) in [6.07, 6.45) is 4.93. The van der Waals surface area contributed by atoms with Crippen LogP contribution >= 0.6 is 0 Å². The van der Waals surface area contributed by atoms with Gasteiger partial charge >= 0.3 is 5.69 Å². The van der Waals surface area contributed by atoms with Gasteiger partial charge in [0.1, 0.15) is 0 Å². The zero-order valence-corrected chi connectivity index (χ0v) is 12.5. The van der Waals surface area contributed by atoms with Crippen LogP contribution in [0.5, 0.6) is 0 Å². The van der Waals surface area contributed by atoms with Gasteiger partial charge in [0.15, 0.2) is 0 Å². The zero-order valence-electron chi connectivity index (χ0n) is 12.5. The number of nitrogens with one attached hydrogen (secondary N) is 2. The van der Waals surface area contributed by atoms with Crippen molar-refractivity contribution in [3.05, 3.63) is 34.2 Å². The first-order valence-corrected chi connectivity index (χ1v) is 7.84. The topological polar surface area (TPSA) is 87.1 Å². The molecule has 0 bridgehead atoms. The van der Waals surface area contributed by atoms with E-state index in [-0.39, 0.29) is 24.2 Å². The molecule has 6 heteroatoms. The Balaban J connectivity index is 1.88. The first-order chi connectivity index (χ1) is 10.7. The molecule has 2 aromatic rings. The number of imidazole rings is 1. The fraction of sp³-hybridized carbons (Fsp3) is 0.500. The lowest BCUT2D eigenvalue weighted by Crippen LogP contribution is -2.24. The van der Waals surface area contributed by atoms with Crippen LogP contribution < -0.4 is 11.0 Å². The molecule has 1 fully saturated rings. The van der Waals surface area contributed by atoms with Crippen molar-refractivity contribution in [1.82, 2.24) is 14.9 Å². The van der Waals surface area contributed by atoms with E-state index in [9.17, 15) is 9.59 Å². The highest BCUT2D eigenvalue weighted by Crippen LogP contribution is 2.30. The molecule has 1 heterocycles. The van der Waals surface area contributed by atoms with Gasteiger partial charge in [-0.05, 0) is 37.5 Å². The summed E-state index contributed by atoms with van der Waals surface area (Å²) in [6, 6.07) is 5.57. The van der Waals surface area contributed by atoms with Crippen LogP contribution in [-0.4, -0.2) is 33.7 Å². The van der Waals surface area contributed by atoms with E-state index in [1.165, 1.54) is 0 Å². The third kappa shape index (κ3) is 2.78. The van der Waals surface area contributed by atoms with E-state index in [1.807, 2.05) is 10.6 Å². The summed E-state index contributed by atoms with van der Waals surface area (Å²) in [5, 5.41) is 11.5. The van der Waals surface area contributed by atoms with E-state index in [4.69, 9.17) is 5.11 Å². The molecule has 1 aromatic heterocycles. The third-order valence-electron chi connectivity index (χ3n) is 4.29. The maximum Gasteiger partial charge on any atom is 0.326 e. The number of carbonyl (C=O) groups excluding carboxylic acids is 1. The lowest BCUT2D eigenvalue weighted by molar-refractivity contribution is 0.0951.